The van der Waals surface area contributed by atoms with Crippen LogP contribution in [0.1, 0.15) is 60.9 Å². The highest BCUT2D eigenvalue weighted by molar-refractivity contribution is 6.05. The van der Waals surface area contributed by atoms with Gasteiger partial charge in [-0.25, -0.2) is 4.79 Å². The average molecular weight is 369 g/mol. The Labute approximate surface area is 160 Å². The number of carbonyl (C=O) groups excluding carboxylic acids is 2. The molecule has 0 aliphatic heterocycles. The van der Waals surface area contributed by atoms with Crippen molar-refractivity contribution in [2.45, 2.75) is 40.0 Å². The highest BCUT2D eigenvalue weighted by Crippen LogP contribution is 2.28. The molecule has 0 bridgehead atoms. The second-order valence-corrected chi connectivity index (χ2v) is 7.15. The quantitative estimate of drug-likeness (QED) is 0.742. The van der Waals surface area contributed by atoms with Crippen molar-refractivity contribution in [1.82, 2.24) is 0 Å². The fraction of sp³-hybridized carbons (Fsp3) is 0.364. The molecule has 1 N–H and O–H groups in total. The zero-order chi connectivity index (χ0) is 20.0. The molecule has 2 aromatic rings. The first-order valence-corrected chi connectivity index (χ1v) is 9.12. The Balaban J connectivity index is 2.22. The summed E-state index contributed by atoms with van der Waals surface area (Å²) in [5.41, 5.74) is 2.63. The molecule has 0 spiro atoms. The van der Waals surface area contributed by atoms with Crippen molar-refractivity contribution in [3.8, 4) is 5.75 Å². The standard InChI is InChI=1S/C22H27NO4/c1-6-26-19-14-16(21(25)27-7-2)10-13-18(19)23-20(24)15-8-11-17(12-9-15)22(3,4)5/h8-14H,6-7H2,1-5H3,(H,23,24). The van der Waals surface area contributed by atoms with E-state index in [9.17, 15) is 9.59 Å². The van der Waals surface area contributed by atoms with Crippen LogP contribution in [0.5, 0.6) is 5.75 Å². The Kier molecular flexibility index (Phi) is 6.61. The summed E-state index contributed by atoms with van der Waals surface area (Å²) in [5.74, 6) is -0.225. The van der Waals surface area contributed by atoms with E-state index in [2.05, 4.69) is 26.1 Å². The zero-order valence-electron chi connectivity index (χ0n) is 16.6. The Hall–Kier alpha value is -2.82. The molecule has 1 amide bonds. The predicted octanol–water partition coefficient (Wildman–Crippen LogP) is 4.81. The molecule has 0 atom stereocenters. The summed E-state index contributed by atoms with van der Waals surface area (Å²) < 4.78 is 10.6. The van der Waals surface area contributed by atoms with Gasteiger partial charge in [0.15, 0.2) is 0 Å². The second-order valence-electron chi connectivity index (χ2n) is 7.15. The number of hydrogen-bond acceptors (Lipinski definition) is 4. The molecule has 5 heteroatoms. The lowest BCUT2D eigenvalue weighted by atomic mass is 9.87. The number of benzene rings is 2. The first-order chi connectivity index (χ1) is 12.8. The minimum atomic E-state index is -0.422. The number of hydrogen-bond donors (Lipinski definition) is 1. The summed E-state index contributed by atoms with van der Waals surface area (Å²) in [6, 6.07) is 12.4. The Morgan fingerprint density at radius 2 is 1.56 bits per heavy atom. The summed E-state index contributed by atoms with van der Waals surface area (Å²) in [6.07, 6.45) is 0. The van der Waals surface area contributed by atoms with Crippen LogP contribution in [0.25, 0.3) is 0 Å². The number of rotatable bonds is 6. The summed E-state index contributed by atoms with van der Waals surface area (Å²) in [5, 5.41) is 2.85. The minimum absolute atomic E-state index is 0.0278. The normalized spacial score (nSPS) is 11.0. The van der Waals surface area contributed by atoms with Crippen LogP contribution >= 0.6 is 0 Å². The van der Waals surface area contributed by atoms with Crippen molar-refractivity contribution < 1.29 is 19.1 Å². The van der Waals surface area contributed by atoms with Crippen molar-refractivity contribution in [3.05, 3.63) is 59.2 Å². The van der Waals surface area contributed by atoms with Gasteiger partial charge in [-0.15, -0.1) is 0 Å². The minimum Gasteiger partial charge on any atom is -0.492 e. The monoisotopic (exact) mass is 369 g/mol. The summed E-state index contributed by atoms with van der Waals surface area (Å²) in [6.45, 7) is 10.7. The van der Waals surface area contributed by atoms with Gasteiger partial charge < -0.3 is 14.8 Å². The highest BCUT2D eigenvalue weighted by atomic mass is 16.5. The largest absolute Gasteiger partial charge is 0.492 e. The van der Waals surface area contributed by atoms with E-state index in [0.717, 1.165) is 5.56 Å². The third-order valence-electron chi connectivity index (χ3n) is 4.05. The van der Waals surface area contributed by atoms with Crippen molar-refractivity contribution in [1.29, 1.82) is 0 Å². The van der Waals surface area contributed by atoms with Crippen molar-refractivity contribution in [2.24, 2.45) is 0 Å². The number of esters is 1. The van der Waals surface area contributed by atoms with E-state index in [1.165, 1.54) is 0 Å². The van der Waals surface area contributed by atoms with Crippen LogP contribution in [0.2, 0.25) is 0 Å². The molecule has 0 aliphatic carbocycles. The van der Waals surface area contributed by atoms with Crippen molar-refractivity contribution in [3.63, 3.8) is 0 Å². The van der Waals surface area contributed by atoms with Gasteiger partial charge in [0, 0.05) is 5.56 Å². The Bertz CT molecular complexity index is 804. The van der Waals surface area contributed by atoms with Crippen LogP contribution in [-0.2, 0) is 10.2 Å². The molecule has 144 valence electrons. The van der Waals surface area contributed by atoms with Crippen LogP contribution in [-0.4, -0.2) is 25.1 Å². The summed E-state index contributed by atoms with van der Waals surface area (Å²) in [4.78, 5) is 24.5. The molecule has 0 saturated heterocycles. The molecular weight excluding hydrogens is 342 g/mol. The van der Waals surface area contributed by atoms with Gasteiger partial charge in [0.2, 0.25) is 0 Å². The van der Waals surface area contributed by atoms with E-state index >= 15 is 0 Å². The third-order valence-corrected chi connectivity index (χ3v) is 4.05. The fourth-order valence-corrected chi connectivity index (χ4v) is 2.56. The molecule has 0 radical (unpaired) electrons. The zero-order valence-corrected chi connectivity index (χ0v) is 16.6. The van der Waals surface area contributed by atoms with Gasteiger partial charge in [-0.1, -0.05) is 32.9 Å². The van der Waals surface area contributed by atoms with Crippen LogP contribution in [0.3, 0.4) is 0 Å². The Morgan fingerprint density at radius 1 is 0.926 bits per heavy atom. The van der Waals surface area contributed by atoms with Crippen LogP contribution in [0.4, 0.5) is 5.69 Å². The highest BCUT2D eigenvalue weighted by Gasteiger charge is 2.16. The molecule has 0 unspecified atom stereocenters. The van der Waals surface area contributed by atoms with Crippen LogP contribution < -0.4 is 10.1 Å². The lowest BCUT2D eigenvalue weighted by Crippen LogP contribution is -2.15. The van der Waals surface area contributed by atoms with E-state index < -0.39 is 5.97 Å². The van der Waals surface area contributed by atoms with Crippen LogP contribution in [0, 0.1) is 0 Å². The van der Waals surface area contributed by atoms with E-state index in [1.807, 2.05) is 31.2 Å². The molecule has 0 fully saturated rings. The average Bonchev–Trinajstić information content (AvgIpc) is 2.63. The molecule has 0 aromatic heterocycles. The number of carbonyl (C=O) groups is 2. The van der Waals surface area contributed by atoms with Gasteiger partial charge in [0.25, 0.3) is 5.91 Å². The number of ether oxygens (including phenoxy) is 2. The SMILES string of the molecule is CCOC(=O)c1ccc(NC(=O)c2ccc(C(C)(C)C)cc2)c(OCC)c1. The molecule has 2 rings (SSSR count). The molecule has 27 heavy (non-hydrogen) atoms. The Morgan fingerprint density at radius 3 is 2.11 bits per heavy atom. The smallest absolute Gasteiger partial charge is 0.338 e. The fourth-order valence-electron chi connectivity index (χ4n) is 2.56. The first-order valence-electron chi connectivity index (χ1n) is 9.12. The number of nitrogens with one attached hydrogen (secondary N) is 1. The molecule has 0 aliphatic rings. The molecule has 2 aromatic carbocycles. The maximum Gasteiger partial charge on any atom is 0.338 e. The van der Waals surface area contributed by atoms with Crippen molar-refractivity contribution in [2.75, 3.05) is 18.5 Å². The molecule has 5 nitrogen and oxygen atoms in total. The lowest BCUT2D eigenvalue weighted by molar-refractivity contribution is 0.0526. The summed E-state index contributed by atoms with van der Waals surface area (Å²) in [7, 11) is 0. The van der Waals surface area contributed by atoms with Gasteiger partial charge >= 0.3 is 5.97 Å². The number of anilines is 1. The molecular formula is C22H27NO4. The van der Waals surface area contributed by atoms with Crippen molar-refractivity contribution >= 4 is 17.6 Å². The van der Waals surface area contributed by atoms with Gasteiger partial charge in [-0.2, -0.15) is 0 Å². The van der Waals surface area contributed by atoms with Gasteiger partial charge in [-0.3, -0.25) is 4.79 Å². The van der Waals surface area contributed by atoms with E-state index in [1.54, 1.807) is 25.1 Å². The van der Waals surface area contributed by atoms with E-state index in [0.29, 0.717) is 35.8 Å². The summed E-state index contributed by atoms with van der Waals surface area (Å²) >= 11 is 0. The first kappa shape index (κ1) is 20.5. The van der Waals surface area contributed by atoms with Gasteiger partial charge in [0.05, 0.1) is 24.5 Å². The van der Waals surface area contributed by atoms with Crippen LogP contribution in [0.15, 0.2) is 42.5 Å². The topological polar surface area (TPSA) is 64.6 Å². The van der Waals surface area contributed by atoms with E-state index in [-0.39, 0.29) is 11.3 Å². The maximum atomic E-state index is 12.6. The maximum absolute atomic E-state index is 12.6. The number of amides is 1. The molecule has 0 heterocycles. The van der Waals surface area contributed by atoms with Gasteiger partial charge in [-0.05, 0) is 55.2 Å². The third kappa shape index (κ3) is 5.33. The molecule has 0 saturated carbocycles. The second kappa shape index (κ2) is 8.71. The predicted molar refractivity (Wildman–Crippen MR) is 107 cm³/mol. The lowest BCUT2D eigenvalue weighted by Gasteiger charge is -2.19. The van der Waals surface area contributed by atoms with Gasteiger partial charge in [0.1, 0.15) is 5.75 Å². The van der Waals surface area contributed by atoms with E-state index in [4.69, 9.17) is 9.47 Å².